The summed E-state index contributed by atoms with van der Waals surface area (Å²) in [6, 6.07) is 11.2. The van der Waals surface area contributed by atoms with Crippen LogP contribution in [0.25, 0.3) is 0 Å². The second-order valence-electron chi connectivity index (χ2n) is 7.63. The lowest BCUT2D eigenvalue weighted by atomic mass is 10.3. The Morgan fingerprint density at radius 3 is 2.39 bits per heavy atom. The van der Waals surface area contributed by atoms with Crippen LogP contribution in [0.4, 0.5) is 11.8 Å². The first-order chi connectivity index (χ1) is 15.0. The first kappa shape index (κ1) is 21.8. The van der Waals surface area contributed by atoms with Gasteiger partial charge in [-0.25, -0.2) is 13.4 Å². The zero-order chi connectivity index (χ0) is 21.7. The van der Waals surface area contributed by atoms with Gasteiger partial charge in [-0.2, -0.15) is 9.29 Å². The molecule has 2 fully saturated rings. The van der Waals surface area contributed by atoms with Gasteiger partial charge in [-0.05, 0) is 19.1 Å². The van der Waals surface area contributed by atoms with Crippen LogP contribution in [0.15, 0.2) is 36.4 Å². The summed E-state index contributed by atoms with van der Waals surface area (Å²) in [7, 11) is -3.37. The van der Waals surface area contributed by atoms with Gasteiger partial charge in [-0.3, -0.25) is 0 Å². The summed E-state index contributed by atoms with van der Waals surface area (Å²) in [5, 5.41) is 0. The lowest BCUT2D eigenvalue weighted by Crippen LogP contribution is -2.50. The highest BCUT2D eigenvalue weighted by molar-refractivity contribution is 7.89. The predicted octanol–water partition coefficient (Wildman–Crippen LogP) is 1.15. The molecule has 0 saturated carbocycles. The Bertz CT molecular complexity index is 959. The van der Waals surface area contributed by atoms with Crippen LogP contribution in [0, 0.1) is 6.92 Å². The van der Waals surface area contributed by atoms with Crippen molar-refractivity contribution < 1.29 is 17.9 Å². The Morgan fingerprint density at radius 2 is 1.68 bits per heavy atom. The van der Waals surface area contributed by atoms with Gasteiger partial charge in [0.2, 0.25) is 16.0 Å². The van der Waals surface area contributed by atoms with Crippen molar-refractivity contribution in [3.63, 3.8) is 0 Å². The van der Waals surface area contributed by atoms with Crippen molar-refractivity contribution in [2.45, 2.75) is 6.92 Å². The molecule has 9 nitrogen and oxygen atoms in total. The number of sulfonamides is 1. The monoisotopic (exact) mass is 447 g/mol. The van der Waals surface area contributed by atoms with E-state index >= 15 is 0 Å². The molecular weight excluding hydrogens is 418 g/mol. The van der Waals surface area contributed by atoms with Gasteiger partial charge in [0, 0.05) is 51.0 Å². The number of rotatable bonds is 7. The van der Waals surface area contributed by atoms with E-state index in [-0.39, 0.29) is 12.4 Å². The molecule has 0 aliphatic carbocycles. The molecule has 0 radical (unpaired) electrons. The summed E-state index contributed by atoms with van der Waals surface area (Å²) >= 11 is 0. The molecule has 0 N–H and O–H groups in total. The third-order valence-corrected chi connectivity index (χ3v) is 7.27. The molecule has 4 rings (SSSR count). The van der Waals surface area contributed by atoms with E-state index in [1.807, 2.05) is 43.3 Å². The molecule has 0 unspecified atom stereocenters. The summed E-state index contributed by atoms with van der Waals surface area (Å²) < 4.78 is 38.0. The van der Waals surface area contributed by atoms with Crippen LogP contribution < -0.4 is 14.5 Å². The molecular formula is C21H29N5O4S. The van der Waals surface area contributed by atoms with E-state index in [2.05, 4.69) is 14.8 Å². The summed E-state index contributed by atoms with van der Waals surface area (Å²) in [6.07, 6.45) is 0. The molecule has 1 aromatic carbocycles. The smallest absolute Gasteiger partial charge is 0.227 e. The molecule has 2 aromatic rings. The molecule has 2 aliphatic rings. The highest BCUT2D eigenvalue weighted by atomic mass is 32.2. The van der Waals surface area contributed by atoms with Gasteiger partial charge in [0.05, 0.1) is 19.0 Å². The molecule has 2 aliphatic heterocycles. The Hall–Kier alpha value is -2.43. The van der Waals surface area contributed by atoms with Gasteiger partial charge in [0.1, 0.15) is 18.2 Å². The lowest BCUT2D eigenvalue weighted by molar-refractivity contribution is 0.122. The second-order valence-corrected chi connectivity index (χ2v) is 9.72. The van der Waals surface area contributed by atoms with Crippen molar-refractivity contribution in [3.05, 3.63) is 42.1 Å². The van der Waals surface area contributed by atoms with E-state index in [1.54, 1.807) is 4.31 Å². The number of hydrogen-bond donors (Lipinski definition) is 0. The van der Waals surface area contributed by atoms with Crippen LogP contribution in [0.1, 0.15) is 5.69 Å². The number of aryl methyl sites for hydroxylation is 1. The Kier molecular flexibility index (Phi) is 6.89. The fraction of sp³-hybridized carbons (Fsp3) is 0.524. The minimum atomic E-state index is -3.37. The third kappa shape index (κ3) is 5.63. The van der Waals surface area contributed by atoms with Crippen molar-refractivity contribution in [1.29, 1.82) is 0 Å². The summed E-state index contributed by atoms with van der Waals surface area (Å²) in [5.41, 5.74) is 0.902. The third-order valence-electron chi connectivity index (χ3n) is 5.43. The van der Waals surface area contributed by atoms with Crippen molar-refractivity contribution in [3.8, 4) is 5.75 Å². The number of piperazine rings is 1. The van der Waals surface area contributed by atoms with Gasteiger partial charge in [0.25, 0.3) is 0 Å². The highest BCUT2D eigenvalue weighted by Gasteiger charge is 2.28. The summed E-state index contributed by atoms with van der Waals surface area (Å²) in [4.78, 5) is 13.6. The van der Waals surface area contributed by atoms with Crippen molar-refractivity contribution in [1.82, 2.24) is 14.3 Å². The Morgan fingerprint density at radius 1 is 0.968 bits per heavy atom. The minimum Gasteiger partial charge on any atom is -0.492 e. The summed E-state index contributed by atoms with van der Waals surface area (Å²) in [6.45, 7) is 7.07. The van der Waals surface area contributed by atoms with Gasteiger partial charge in [-0.15, -0.1) is 0 Å². The number of nitrogens with zero attached hydrogens (tertiary/aromatic N) is 5. The van der Waals surface area contributed by atoms with Crippen LogP contribution in [0.2, 0.25) is 0 Å². The molecule has 3 heterocycles. The largest absolute Gasteiger partial charge is 0.492 e. The van der Waals surface area contributed by atoms with E-state index in [1.165, 1.54) is 0 Å². The first-order valence-corrected chi connectivity index (χ1v) is 12.2. The Labute approximate surface area is 183 Å². The van der Waals surface area contributed by atoms with Gasteiger partial charge in [0.15, 0.2) is 0 Å². The van der Waals surface area contributed by atoms with E-state index in [0.29, 0.717) is 51.1 Å². The van der Waals surface area contributed by atoms with Crippen LogP contribution in [0.5, 0.6) is 5.75 Å². The topological polar surface area (TPSA) is 88.1 Å². The van der Waals surface area contributed by atoms with E-state index < -0.39 is 10.0 Å². The Balaban J connectivity index is 1.33. The summed E-state index contributed by atoms with van der Waals surface area (Å²) in [5.74, 6) is 2.21. The maximum atomic E-state index is 12.7. The van der Waals surface area contributed by atoms with E-state index in [0.717, 1.165) is 24.6 Å². The first-order valence-electron chi connectivity index (χ1n) is 10.6. The number of aromatic nitrogens is 2. The van der Waals surface area contributed by atoms with Crippen molar-refractivity contribution in [2.24, 2.45) is 0 Å². The van der Waals surface area contributed by atoms with Gasteiger partial charge in [-0.1, -0.05) is 18.2 Å². The molecule has 168 valence electrons. The maximum Gasteiger partial charge on any atom is 0.227 e. The molecule has 2 saturated heterocycles. The van der Waals surface area contributed by atoms with Crippen LogP contribution in [0.3, 0.4) is 0 Å². The number of hydrogen-bond acceptors (Lipinski definition) is 8. The van der Waals surface area contributed by atoms with Crippen molar-refractivity contribution in [2.75, 3.05) is 74.6 Å². The average Bonchev–Trinajstić information content (AvgIpc) is 2.80. The molecule has 0 atom stereocenters. The van der Waals surface area contributed by atoms with E-state index in [4.69, 9.17) is 14.5 Å². The molecule has 0 bridgehead atoms. The number of ether oxygens (including phenoxy) is 2. The maximum absolute atomic E-state index is 12.7. The quantitative estimate of drug-likeness (QED) is 0.625. The number of para-hydroxylation sites is 1. The minimum absolute atomic E-state index is 0.0321. The van der Waals surface area contributed by atoms with E-state index in [9.17, 15) is 8.42 Å². The zero-order valence-corrected chi connectivity index (χ0v) is 18.6. The SMILES string of the molecule is Cc1cc(N2CCN(S(=O)(=O)CCOc3ccccc3)CC2)nc(N2CCOCC2)n1. The van der Waals surface area contributed by atoms with Crippen LogP contribution >= 0.6 is 0 Å². The standard InChI is InChI=1S/C21H29N5O4S/c1-18-17-20(23-21(22-18)25-11-13-29-14-12-25)24-7-9-26(10-8-24)31(27,28)16-15-30-19-5-3-2-4-6-19/h2-6,17H,7-16H2,1H3. The van der Waals surface area contributed by atoms with Crippen molar-refractivity contribution >= 4 is 21.8 Å². The zero-order valence-electron chi connectivity index (χ0n) is 17.8. The van der Waals surface area contributed by atoms with Crippen LogP contribution in [-0.4, -0.2) is 87.5 Å². The van der Waals surface area contributed by atoms with Gasteiger partial charge < -0.3 is 19.3 Å². The molecule has 31 heavy (non-hydrogen) atoms. The second kappa shape index (κ2) is 9.80. The molecule has 10 heteroatoms. The number of anilines is 2. The number of morpholine rings is 1. The molecule has 0 amide bonds. The average molecular weight is 448 g/mol. The number of benzene rings is 1. The van der Waals surface area contributed by atoms with Crippen LogP contribution in [-0.2, 0) is 14.8 Å². The lowest BCUT2D eigenvalue weighted by Gasteiger charge is -2.35. The van der Waals surface area contributed by atoms with Gasteiger partial charge >= 0.3 is 0 Å². The molecule has 0 spiro atoms. The molecule has 1 aromatic heterocycles. The fourth-order valence-electron chi connectivity index (χ4n) is 3.71. The fourth-order valence-corrected chi connectivity index (χ4v) is 4.98. The highest BCUT2D eigenvalue weighted by Crippen LogP contribution is 2.20. The normalized spacial score (nSPS) is 18.2. The predicted molar refractivity (Wildman–Crippen MR) is 119 cm³/mol.